The summed E-state index contributed by atoms with van der Waals surface area (Å²) < 4.78 is 0. The van der Waals surface area contributed by atoms with Crippen LogP contribution in [0, 0.1) is 5.92 Å². The Hall–Kier alpha value is 0.270. The van der Waals surface area contributed by atoms with Gasteiger partial charge in [-0.05, 0) is 43.1 Å². The summed E-state index contributed by atoms with van der Waals surface area (Å²) in [6.07, 6.45) is 6.31. The van der Waals surface area contributed by atoms with Crippen molar-refractivity contribution in [2.45, 2.75) is 44.2 Å². The van der Waals surface area contributed by atoms with Crippen molar-refractivity contribution in [3.8, 4) is 0 Å². The van der Waals surface area contributed by atoms with E-state index in [0.717, 1.165) is 6.54 Å². The van der Waals surface area contributed by atoms with Gasteiger partial charge in [0, 0.05) is 12.6 Å². The number of hydrogen-bond donors (Lipinski definition) is 2. The fraction of sp³-hybridized carbons (Fsp3) is 1.00. The molecular formula is C11H21NOS. The second kappa shape index (κ2) is 5.38. The largest absolute Gasteiger partial charge is 0.392 e. The summed E-state index contributed by atoms with van der Waals surface area (Å²) in [5.41, 5.74) is 0. The van der Waals surface area contributed by atoms with Crippen LogP contribution in [0.3, 0.4) is 0 Å². The third-order valence-corrected chi connectivity index (χ3v) is 4.58. The second-order valence-electron chi connectivity index (χ2n) is 4.55. The summed E-state index contributed by atoms with van der Waals surface area (Å²) in [5.74, 6) is 3.04. The molecule has 0 aromatic heterocycles. The van der Waals surface area contributed by atoms with Crippen molar-refractivity contribution in [1.29, 1.82) is 0 Å². The van der Waals surface area contributed by atoms with Crippen LogP contribution in [-0.2, 0) is 0 Å². The minimum atomic E-state index is -0.100. The van der Waals surface area contributed by atoms with E-state index in [1.165, 1.54) is 43.6 Å². The van der Waals surface area contributed by atoms with Crippen LogP contribution < -0.4 is 5.32 Å². The first-order valence-corrected chi connectivity index (χ1v) is 7.01. The molecule has 14 heavy (non-hydrogen) atoms. The first-order chi connectivity index (χ1) is 6.86. The molecule has 0 aromatic carbocycles. The molecule has 1 aliphatic heterocycles. The number of hydrogen-bond acceptors (Lipinski definition) is 3. The van der Waals surface area contributed by atoms with Crippen molar-refractivity contribution in [3.63, 3.8) is 0 Å². The van der Waals surface area contributed by atoms with Crippen molar-refractivity contribution >= 4 is 11.8 Å². The third-order valence-electron chi connectivity index (χ3n) is 3.53. The molecule has 0 bridgehead atoms. The van der Waals surface area contributed by atoms with Crippen molar-refractivity contribution < 1.29 is 5.11 Å². The van der Waals surface area contributed by atoms with E-state index in [1.54, 1.807) is 0 Å². The zero-order valence-corrected chi connectivity index (χ0v) is 9.56. The quantitative estimate of drug-likeness (QED) is 0.747. The molecule has 0 amide bonds. The van der Waals surface area contributed by atoms with Crippen LogP contribution >= 0.6 is 11.8 Å². The predicted molar refractivity (Wildman–Crippen MR) is 61.7 cm³/mol. The monoisotopic (exact) mass is 215 g/mol. The standard InChI is InChI=1S/C11H21NOS/c13-11(8-12-10-2-1-3-10)9-4-6-14-7-5-9/h9-13H,1-8H2. The van der Waals surface area contributed by atoms with Gasteiger partial charge in [-0.3, -0.25) is 0 Å². The van der Waals surface area contributed by atoms with Crippen molar-refractivity contribution in [2.24, 2.45) is 5.92 Å². The molecule has 1 heterocycles. The average molecular weight is 215 g/mol. The molecule has 1 aliphatic carbocycles. The summed E-state index contributed by atoms with van der Waals surface area (Å²) >= 11 is 2.02. The normalized spacial score (nSPS) is 27.2. The Morgan fingerprint density at radius 1 is 1.21 bits per heavy atom. The Balaban J connectivity index is 1.62. The number of thioether (sulfide) groups is 1. The van der Waals surface area contributed by atoms with Crippen molar-refractivity contribution in [3.05, 3.63) is 0 Å². The topological polar surface area (TPSA) is 32.3 Å². The SMILES string of the molecule is OC(CNC1CCC1)C1CCSCC1. The Kier molecular flexibility index (Phi) is 4.14. The van der Waals surface area contributed by atoms with Gasteiger partial charge in [-0.15, -0.1) is 0 Å². The summed E-state index contributed by atoms with van der Waals surface area (Å²) in [7, 11) is 0. The first-order valence-electron chi connectivity index (χ1n) is 5.85. The van der Waals surface area contributed by atoms with E-state index < -0.39 is 0 Å². The van der Waals surface area contributed by atoms with Gasteiger partial charge < -0.3 is 10.4 Å². The molecular weight excluding hydrogens is 194 g/mol. The van der Waals surface area contributed by atoms with Gasteiger partial charge in [0.05, 0.1) is 6.10 Å². The molecule has 3 heteroatoms. The molecule has 0 radical (unpaired) electrons. The van der Waals surface area contributed by atoms with E-state index in [0.29, 0.717) is 12.0 Å². The van der Waals surface area contributed by atoms with Crippen LogP contribution in [-0.4, -0.2) is 35.3 Å². The van der Waals surface area contributed by atoms with Gasteiger partial charge in [0.1, 0.15) is 0 Å². The summed E-state index contributed by atoms with van der Waals surface area (Å²) in [5, 5.41) is 13.4. The van der Waals surface area contributed by atoms with Crippen LogP contribution in [0.15, 0.2) is 0 Å². The van der Waals surface area contributed by atoms with E-state index in [1.807, 2.05) is 11.8 Å². The molecule has 1 saturated carbocycles. The Morgan fingerprint density at radius 3 is 2.50 bits per heavy atom. The molecule has 1 saturated heterocycles. The van der Waals surface area contributed by atoms with Crippen LogP contribution in [0.2, 0.25) is 0 Å². The van der Waals surface area contributed by atoms with Gasteiger partial charge in [-0.1, -0.05) is 6.42 Å². The summed E-state index contributed by atoms with van der Waals surface area (Å²) in [6.45, 7) is 0.819. The highest BCUT2D eigenvalue weighted by atomic mass is 32.2. The third kappa shape index (κ3) is 2.88. The summed E-state index contributed by atoms with van der Waals surface area (Å²) in [4.78, 5) is 0. The molecule has 0 spiro atoms. The fourth-order valence-corrected chi connectivity index (χ4v) is 3.31. The molecule has 2 rings (SSSR count). The smallest absolute Gasteiger partial charge is 0.0693 e. The van der Waals surface area contributed by atoms with Gasteiger partial charge >= 0.3 is 0 Å². The highest BCUT2D eigenvalue weighted by Gasteiger charge is 2.23. The Bertz CT molecular complexity index is 167. The first kappa shape index (κ1) is 10.8. The van der Waals surface area contributed by atoms with Gasteiger partial charge in [0.15, 0.2) is 0 Å². The lowest BCUT2D eigenvalue weighted by molar-refractivity contribution is 0.0940. The minimum absolute atomic E-state index is 0.100. The zero-order chi connectivity index (χ0) is 9.80. The van der Waals surface area contributed by atoms with E-state index in [4.69, 9.17) is 0 Å². The Labute approximate surface area is 90.8 Å². The van der Waals surface area contributed by atoms with Gasteiger partial charge in [0.25, 0.3) is 0 Å². The molecule has 82 valence electrons. The zero-order valence-electron chi connectivity index (χ0n) is 8.74. The lowest BCUT2D eigenvalue weighted by Gasteiger charge is -2.31. The molecule has 1 atom stereocenters. The van der Waals surface area contributed by atoms with Crippen LogP contribution in [0.25, 0.3) is 0 Å². The summed E-state index contributed by atoms with van der Waals surface area (Å²) in [6, 6.07) is 0.711. The second-order valence-corrected chi connectivity index (χ2v) is 5.78. The van der Waals surface area contributed by atoms with Gasteiger partial charge in [-0.25, -0.2) is 0 Å². The van der Waals surface area contributed by atoms with Crippen LogP contribution in [0.1, 0.15) is 32.1 Å². The molecule has 2 nitrogen and oxygen atoms in total. The van der Waals surface area contributed by atoms with E-state index in [2.05, 4.69) is 5.32 Å². The van der Waals surface area contributed by atoms with Crippen molar-refractivity contribution in [1.82, 2.24) is 5.32 Å². The van der Waals surface area contributed by atoms with Crippen molar-refractivity contribution in [2.75, 3.05) is 18.1 Å². The highest BCUT2D eigenvalue weighted by Crippen LogP contribution is 2.25. The fourth-order valence-electron chi connectivity index (χ4n) is 2.17. The maximum absolute atomic E-state index is 9.97. The van der Waals surface area contributed by atoms with E-state index >= 15 is 0 Å². The average Bonchev–Trinajstić information content (AvgIpc) is 2.16. The number of aliphatic hydroxyl groups is 1. The molecule has 2 fully saturated rings. The minimum Gasteiger partial charge on any atom is -0.392 e. The Morgan fingerprint density at radius 2 is 1.93 bits per heavy atom. The van der Waals surface area contributed by atoms with E-state index in [9.17, 15) is 5.11 Å². The molecule has 2 aliphatic rings. The molecule has 1 unspecified atom stereocenters. The lowest BCUT2D eigenvalue weighted by Crippen LogP contribution is -2.42. The lowest BCUT2D eigenvalue weighted by atomic mass is 9.91. The van der Waals surface area contributed by atoms with Crippen LogP contribution in [0.5, 0.6) is 0 Å². The van der Waals surface area contributed by atoms with E-state index in [-0.39, 0.29) is 6.10 Å². The molecule has 2 N–H and O–H groups in total. The molecule has 0 aromatic rings. The number of nitrogens with one attached hydrogen (secondary N) is 1. The maximum atomic E-state index is 9.97. The van der Waals surface area contributed by atoms with Gasteiger partial charge in [0.2, 0.25) is 0 Å². The predicted octanol–water partition coefficient (Wildman–Crippen LogP) is 1.63. The number of aliphatic hydroxyl groups excluding tert-OH is 1. The maximum Gasteiger partial charge on any atom is 0.0693 e. The number of rotatable bonds is 4. The highest BCUT2D eigenvalue weighted by molar-refractivity contribution is 7.99. The van der Waals surface area contributed by atoms with Crippen LogP contribution in [0.4, 0.5) is 0 Å². The van der Waals surface area contributed by atoms with Gasteiger partial charge in [-0.2, -0.15) is 11.8 Å².